The molecule has 1 aliphatic rings. The monoisotopic (exact) mass is 287 g/mol. The number of nitrogens with zero attached hydrogens (tertiary/aromatic N) is 3. The Kier molecular flexibility index (Phi) is 3.08. The lowest BCUT2D eigenvalue weighted by Crippen LogP contribution is -2.27. The Hall–Kier alpha value is -2.73. The smallest absolute Gasteiger partial charge is 0.179 e. The Bertz CT molecular complexity index is 856. The summed E-state index contributed by atoms with van der Waals surface area (Å²) in [5.41, 5.74) is 5.29. The zero-order valence-corrected chi connectivity index (χ0v) is 12.4. The summed E-state index contributed by atoms with van der Waals surface area (Å²) in [6.07, 6.45) is 3.23. The highest BCUT2D eigenvalue weighted by Gasteiger charge is 2.23. The van der Waals surface area contributed by atoms with Crippen LogP contribution in [0.15, 0.2) is 54.6 Å². The van der Waals surface area contributed by atoms with Crippen molar-refractivity contribution in [3.8, 4) is 6.19 Å². The van der Waals surface area contributed by atoms with Gasteiger partial charge in [-0.2, -0.15) is 5.26 Å². The molecule has 0 saturated heterocycles. The van der Waals surface area contributed by atoms with Crippen LogP contribution in [-0.2, 0) is 19.5 Å². The Balaban J connectivity index is 1.86. The molecule has 0 aliphatic carbocycles. The lowest BCUT2D eigenvalue weighted by Gasteiger charge is -2.23. The average Bonchev–Trinajstić information content (AvgIpc) is 2.89. The van der Waals surface area contributed by atoms with Gasteiger partial charge in [-0.15, -0.1) is 0 Å². The van der Waals surface area contributed by atoms with Crippen LogP contribution in [0.1, 0.15) is 16.8 Å². The lowest BCUT2D eigenvalue weighted by molar-refractivity contribution is 0.364. The summed E-state index contributed by atoms with van der Waals surface area (Å²) in [5.74, 6) is 0. The third-order valence-electron chi connectivity index (χ3n) is 4.49. The molecule has 0 unspecified atom stereocenters. The summed E-state index contributed by atoms with van der Waals surface area (Å²) in [4.78, 5) is 1.85. The van der Waals surface area contributed by atoms with E-state index in [2.05, 4.69) is 65.4 Å². The fourth-order valence-electron chi connectivity index (χ4n) is 3.43. The van der Waals surface area contributed by atoms with Gasteiger partial charge in [0.25, 0.3) is 0 Å². The summed E-state index contributed by atoms with van der Waals surface area (Å²) >= 11 is 0. The molecule has 22 heavy (non-hydrogen) atoms. The number of fused-ring (bicyclic) bond motifs is 3. The van der Waals surface area contributed by atoms with Crippen molar-refractivity contribution < 1.29 is 0 Å². The summed E-state index contributed by atoms with van der Waals surface area (Å²) in [6.45, 7) is 2.44. The summed E-state index contributed by atoms with van der Waals surface area (Å²) in [7, 11) is 0. The minimum atomic E-state index is 0.730. The molecule has 2 heterocycles. The predicted octanol–water partition coefficient (Wildman–Crippen LogP) is 3.53. The van der Waals surface area contributed by atoms with Gasteiger partial charge in [0, 0.05) is 41.7 Å². The molecule has 0 amide bonds. The van der Waals surface area contributed by atoms with E-state index >= 15 is 0 Å². The van der Waals surface area contributed by atoms with Crippen LogP contribution in [0.25, 0.3) is 10.9 Å². The number of hydrogen-bond donors (Lipinski definition) is 0. The van der Waals surface area contributed by atoms with Gasteiger partial charge in [-0.05, 0) is 11.6 Å². The average molecular weight is 287 g/mol. The molecule has 1 aromatic heterocycles. The number of aromatic nitrogens is 1. The second kappa shape index (κ2) is 5.23. The van der Waals surface area contributed by atoms with Gasteiger partial charge < -0.3 is 9.47 Å². The van der Waals surface area contributed by atoms with Crippen LogP contribution in [0.5, 0.6) is 0 Å². The van der Waals surface area contributed by atoms with Gasteiger partial charge in [0.2, 0.25) is 0 Å². The molecule has 0 N–H and O–H groups in total. The Morgan fingerprint density at radius 1 is 1.00 bits per heavy atom. The summed E-state index contributed by atoms with van der Waals surface area (Å²) in [6, 6.07) is 19.1. The lowest BCUT2D eigenvalue weighted by atomic mass is 10.1. The number of benzene rings is 2. The number of rotatable bonds is 2. The van der Waals surface area contributed by atoms with Gasteiger partial charge >= 0.3 is 0 Å². The molecule has 3 aromatic rings. The van der Waals surface area contributed by atoms with Crippen LogP contribution in [0.2, 0.25) is 0 Å². The first kappa shape index (κ1) is 13.0. The maximum atomic E-state index is 9.20. The van der Waals surface area contributed by atoms with Crippen molar-refractivity contribution >= 4 is 10.9 Å². The van der Waals surface area contributed by atoms with Crippen molar-refractivity contribution in [1.82, 2.24) is 9.47 Å². The van der Waals surface area contributed by atoms with Gasteiger partial charge in [-0.1, -0.05) is 48.5 Å². The highest BCUT2D eigenvalue weighted by molar-refractivity contribution is 5.86. The largest absolute Gasteiger partial charge is 0.340 e. The van der Waals surface area contributed by atoms with Crippen molar-refractivity contribution in [3.05, 3.63) is 71.4 Å². The van der Waals surface area contributed by atoms with Crippen molar-refractivity contribution in [2.24, 2.45) is 0 Å². The van der Waals surface area contributed by atoms with Crippen LogP contribution in [0, 0.1) is 11.5 Å². The molecule has 0 spiro atoms. The number of hydrogen-bond acceptors (Lipinski definition) is 2. The zero-order chi connectivity index (χ0) is 14.9. The van der Waals surface area contributed by atoms with E-state index in [9.17, 15) is 5.26 Å². The predicted molar refractivity (Wildman–Crippen MR) is 87.2 cm³/mol. The fourth-order valence-corrected chi connectivity index (χ4v) is 3.43. The Labute approximate surface area is 130 Å². The molecular formula is C19H17N3. The molecule has 3 heteroatoms. The standard InChI is InChI=1S/C19H17N3/c20-14-21-11-10-19-17(13-21)16-8-4-5-9-18(16)22(19)12-15-6-2-1-3-7-15/h1-9H,10-13H2. The first-order valence-corrected chi connectivity index (χ1v) is 7.64. The quantitative estimate of drug-likeness (QED) is 0.675. The molecule has 4 rings (SSSR count). The van der Waals surface area contributed by atoms with E-state index in [-0.39, 0.29) is 0 Å². The SMILES string of the molecule is N#CN1CCc2c(c3ccccc3n2Cc2ccccc2)C1. The van der Waals surface area contributed by atoms with Crippen LogP contribution in [0.4, 0.5) is 0 Å². The summed E-state index contributed by atoms with van der Waals surface area (Å²) < 4.78 is 2.43. The maximum Gasteiger partial charge on any atom is 0.179 e. The molecule has 2 aromatic carbocycles. The van der Waals surface area contributed by atoms with Crippen LogP contribution >= 0.6 is 0 Å². The van der Waals surface area contributed by atoms with Crippen LogP contribution in [0.3, 0.4) is 0 Å². The van der Waals surface area contributed by atoms with Crippen LogP contribution < -0.4 is 0 Å². The van der Waals surface area contributed by atoms with Crippen LogP contribution in [-0.4, -0.2) is 16.0 Å². The van der Waals surface area contributed by atoms with E-state index < -0.39 is 0 Å². The van der Waals surface area contributed by atoms with Gasteiger partial charge in [-0.25, -0.2) is 0 Å². The number of nitriles is 1. The minimum Gasteiger partial charge on any atom is -0.340 e. The fraction of sp³-hybridized carbons (Fsp3) is 0.211. The van der Waals surface area contributed by atoms with Gasteiger partial charge in [0.15, 0.2) is 6.19 Å². The van der Waals surface area contributed by atoms with Crippen molar-refractivity contribution in [2.75, 3.05) is 6.54 Å². The molecule has 0 radical (unpaired) electrons. The molecule has 0 fully saturated rings. The minimum absolute atomic E-state index is 0.730. The van der Waals surface area contributed by atoms with Gasteiger partial charge in [0.1, 0.15) is 0 Å². The highest BCUT2D eigenvalue weighted by Crippen LogP contribution is 2.31. The third-order valence-corrected chi connectivity index (χ3v) is 4.49. The van der Waals surface area contributed by atoms with E-state index in [1.165, 1.54) is 27.7 Å². The first-order chi connectivity index (χ1) is 10.9. The molecule has 0 saturated carbocycles. The molecule has 0 bridgehead atoms. The van der Waals surface area contributed by atoms with Crippen molar-refractivity contribution in [3.63, 3.8) is 0 Å². The molecule has 108 valence electrons. The van der Waals surface area contributed by atoms with Crippen molar-refractivity contribution in [2.45, 2.75) is 19.5 Å². The third kappa shape index (κ3) is 2.05. The van der Waals surface area contributed by atoms with E-state index in [0.29, 0.717) is 0 Å². The molecule has 3 nitrogen and oxygen atoms in total. The van der Waals surface area contributed by atoms with E-state index in [4.69, 9.17) is 0 Å². The zero-order valence-electron chi connectivity index (χ0n) is 12.4. The molecular weight excluding hydrogens is 270 g/mol. The van der Waals surface area contributed by atoms with Gasteiger partial charge in [-0.3, -0.25) is 0 Å². The normalized spacial score (nSPS) is 13.9. The Morgan fingerprint density at radius 2 is 1.77 bits per heavy atom. The van der Waals surface area contributed by atoms with Crippen molar-refractivity contribution in [1.29, 1.82) is 5.26 Å². The highest BCUT2D eigenvalue weighted by atomic mass is 15.1. The van der Waals surface area contributed by atoms with Gasteiger partial charge in [0.05, 0.1) is 6.54 Å². The number of para-hydroxylation sites is 1. The second-order valence-corrected chi connectivity index (χ2v) is 5.79. The Morgan fingerprint density at radius 3 is 2.59 bits per heavy atom. The first-order valence-electron chi connectivity index (χ1n) is 7.64. The topological polar surface area (TPSA) is 32.0 Å². The molecule has 1 aliphatic heterocycles. The summed E-state index contributed by atoms with van der Waals surface area (Å²) in [5, 5.41) is 10.5. The van der Waals surface area contributed by atoms with E-state index in [1.807, 2.05) is 4.90 Å². The van der Waals surface area contributed by atoms with E-state index in [1.54, 1.807) is 0 Å². The second-order valence-electron chi connectivity index (χ2n) is 5.79. The molecule has 0 atom stereocenters. The maximum absolute atomic E-state index is 9.20. The van der Waals surface area contributed by atoms with E-state index in [0.717, 1.165) is 26.1 Å².